The molecule has 5 nitrogen and oxygen atoms in total. The van der Waals surface area contributed by atoms with Crippen LogP contribution in [0, 0.1) is 11.8 Å². The SMILES string of the molecule is COC(=O)[C@H]1Cc2c(oc3ccccc23)C[C@H]1C(=O)OC. The Morgan fingerprint density at radius 2 is 1.67 bits per heavy atom. The van der Waals surface area contributed by atoms with Gasteiger partial charge in [0.05, 0.1) is 26.1 Å². The highest BCUT2D eigenvalue weighted by molar-refractivity contribution is 5.87. The van der Waals surface area contributed by atoms with Gasteiger partial charge in [-0.3, -0.25) is 9.59 Å². The average molecular weight is 288 g/mol. The van der Waals surface area contributed by atoms with Gasteiger partial charge in [0, 0.05) is 17.4 Å². The number of hydrogen-bond acceptors (Lipinski definition) is 5. The van der Waals surface area contributed by atoms with Gasteiger partial charge in [0.2, 0.25) is 0 Å². The van der Waals surface area contributed by atoms with Crippen LogP contribution in [0.1, 0.15) is 11.3 Å². The van der Waals surface area contributed by atoms with Crippen molar-refractivity contribution in [3.05, 3.63) is 35.6 Å². The van der Waals surface area contributed by atoms with Gasteiger partial charge in [0.1, 0.15) is 11.3 Å². The first-order valence-corrected chi connectivity index (χ1v) is 6.80. The summed E-state index contributed by atoms with van der Waals surface area (Å²) in [5, 5.41) is 0.990. The minimum Gasteiger partial charge on any atom is -0.469 e. The molecule has 2 aromatic rings. The van der Waals surface area contributed by atoms with Gasteiger partial charge in [-0.1, -0.05) is 18.2 Å². The largest absolute Gasteiger partial charge is 0.469 e. The molecule has 2 atom stereocenters. The van der Waals surface area contributed by atoms with E-state index in [-0.39, 0.29) is 5.97 Å². The molecule has 1 aromatic carbocycles. The van der Waals surface area contributed by atoms with Crippen molar-refractivity contribution in [2.75, 3.05) is 14.2 Å². The van der Waals surface area contributed by atoms with E-state index in [2.05, 4.69) is 0 Å². The Morgan fingerprint density at radius 3 is 2.33 bits per heavy atom. The van der Waals surface area contributed by atoms with Crippen molar-refractivity contribution < 1.29 is 23.5 Å². The zero-order chi connectivity index (χ0) is 15.0. The molecule has 0 fully saturated rings. The lowest BCUT2D eigenvalue weighted by Gasteiger charge is -2.26. The summed E-state index contributed by atoms with van der Waals surface area (Å²) in [4.78, 5) is 24.0. The lowest BCUT2D eigenvalue weighted by molar-refractivity contribution is -0.158. The maximum Gasteiger partial charge on any atom is 0.310 e. The summed E-state index contributed by atoms with van der Waals surface area (Å²) < 4.78 is 15.5. The molecule has 1 heterocycles. The van der Waals surface area contributed by atoms with Gasteiger partial charge in [0.25, 0.3) is 0 Å². The predicted octanol–water partition coefficient (Wildman–Crippen LogP) is 2.11. The number of para-hydroxylation sites is 1. The fourth-order valence-corrected chi connectivity index (χ4v) is 3.04. The quantitative estimate of drug-likeness (QED) is 0.792. The van der Waals surface area contributed by atoms with Crippen molar-refractivity contribution in [2.24, 2.45) is 11.8 Å². The van der Waals surface area contributed by atoms with Crippen LogP contribution in [0.2, 0.25) is 0 Å². The number of furan rings is 1. The second-order valence-corrected chi connectivity index (χ2v) is 5.17. The summed E-state index contributed by atoms with van der Waals surface area (Å²) in [7, 11) is 2.66. The third-order valence-electron chi connectivity index (χ3n) is 4.10. The van der Waals surface area contributed by atoms with Crippen molar-refractivity contribution in [3.63, 3.8) is 0 Å². The van der Waals surface area contributed by atoms with Crippen molar-refractivity contribution in [1.29, 1.82) is 0 Å². The fourth-order valence-electron chi connectivity index (χ4n) is 3.04. The van der Waals surface area contributed by atoms with E-state index < -0.39 is 17.8 Å². The average Bonchev–Trinajstić information content (AvgIpc) is 2.89. The van der Waals surface area contributed by atoms with E-state index in [9.17, 15) is 9.59 Å². The van der Waals surface area contributed by atoms with Gasteiger partial charge < -0.3 is 13.9 Å². The number of rotatable bonds is 2. The Morgan fingerprint density at radius 1 is 1.05 bits per heavy atom. The third kappa shape index (κ3) is 2.18. The number of carbonyl (C=O) groups is 2. The van der Waals surface area contributed by atoms with Crippen LogP contribution in [-0.2, 0) is 31.9 Å². The molecule has 0 saturated heterocycles. The zero-order valence-electron chi connectivity index (χ0n) is 11.9. The van der Waals surface area contributed by atoms with Crippen LogP contribution >= 0.6 is 0 Å². The molecule has 110 valence electrons. The summed E-state index contributed by atoms with van der Waals surface area (Å²) in [6, 6.07) is 7.67. The number of fused-ring (bicyclic) bond motifs is 3. The number of methoxy groups -OCH3 is 2. The van der Waals surface area contributed by atoms with Crippen LogP contribution in [0.4, 0.5) is 0 Å². The summed E-state index contributed by atoms with van der Waals surface area (Å²) >= 11 is 0. The molecule has 5 heteroatoms. The smallest absolute Gasteiger partial charge is 0.310 e. The van der Waals surface area contributed by atoms with E-state index in [1.165, 1.54) is 14.2 Å². The molecular formula is C16H16O5. The fraction of sp³-hybridized carbons (Fsp3) is 0.375. The van der Waals surface area contributed by atoms with Crippen LogP contribution in [0.25, 0.3) is 11.0 Å². The lowest BCUT2D eigenvalue weighted by atomic mass is 9.78. The second-order valence-electron chi connectivity index (χ2n) is 5.17. The molecule has 3 rings (SSSR count). The van der Waals surface area contributed by atoms with Crippen molar-refractivity contribution in [2.45, 2.75) is 12.8 Å². The summed E-state index contributed by atoms with van der Waals surface area (Å²) in [6.07, 6.45) is 0.787. The molecule has 0 spiro atoms. The van der Waals surface area contributed by atoms with Crippen LogP contribution < -0.4 is 0 Å². The number of ether oxygens (including phenoxy) is 2. The van der Waals surface area contributed by atoms with Gasteiger partial charge in [-0.2, -0.15) is 0 Å². The van der Waals surface area contributed by atoms with Crippen molar-refractivity contribution in [1.82, 2.24) is 0 Å². The molecule has 0 amide bonds. The molecule has 1 aromatic heterocycles. The molecule has 0 radical (unpaired) electrons. The Bertz CT molecular complexity index is 700. The van der Waals surface area contributed by atoms with Gasteiger partial charge in [-0.15, -0.1) is 0 Å². The second kappa shape index (κ2) is 5.24. The van der Waals surface area contributed by atoms with E-state index in [4.69, 9.17) is 13.9 Å². The first-order valence-electron chi connectivity index (χ1n) is 6.80. The lowest BCUT2D eigenvalue weighted by Crippen LogP contribution is -2.37. The van der Waals surface area contributed by atoms with Gasteiger partial charge >= 0.3 is 11.9 Å². The van der Waals surface area contributed by atoms with E-state index in [0.29, 0.717) is 12.8 Å². The molecule has 0 bridgehead atoms. The molecule has 21 heavy (non-hydrogen) atoms. The Hall–Kier alpha value is -2.30. The molecule has 1 aliphatic rings. The maximum absolute atomic E-state index is 12.0. The summed E-state index contributed by atoms with van der Waals surface area (Å²) in [5.41, 5.74) is 1.76. The number of carbonyl (C=O) groups excluding carboxylic acids is 2. The highest BCUT2D eigenvalue weighted by Crippen LogP contribution is 2.37. The minimum atomic E-state index is -0.560. The molecule has 0 saturated carbocycles. The zero-order valence-corrected chi connectivity index (χ0v) is 11.9. The van der Waals surface area contributed by atoms with E-state index in [1.807, 2.05) is 24.3 Å². The molecule has 0 unspecified atom stereocenters. The summed E-state index contributed by atoms with van der Waals surface area (Å²) in [6.45, 7) is 0. The highest BCUT2D eigenvalue weighted by atomic mass is 16.5. The van der Waals surface area contributed by atoms with Gasteiger partial charge in [-0.05, 0) is 12.5 Å². The van der Waals surface area contributed by atoms with Crippen LogP contribution in [0.15, 0.2) is 28.7 Å². The van der Waals surface area contributed by atoms with E-state index in [1.54, 1.807) is 0 Å². The predicted molar refractivity (Wildman–Crippen MR) is 74.6 cm³/mol. The van der Waals surface area contributed by atoms with E-state index in [0.717, 1.165) is 22.3 Å². The first-order chi connectivity index (χ1) is 10.2. The Kier molecular flexibility index (Phi) is 3.41. The summed E-state index contributed by atoms with van der Waals surface area (Å²) in [5.74, 6) is -1.13. The monoisotopic (exact) mass is 288 g/mol. The standard InChI is InChI=1S/C16H16O5/c1-19-15(17)11-7-10-9-5-3-4-6-13(9)21-14(10)8-12(11)16(18)20-2/h3-6,11-12H,7-8H2,1-2H3/t11-,12+/m0/s1. The first kappa shape index (κ1) is 13.7. The molecule has 0 N–H and O–H groups in total. The minimum absolute atomic E-state index is 0.358. The van der Waals surface area contributed by atoms with E-state index >= 15 is 0 Å². The van der Waals surface area contributed by atoms with Crippen molar-refractivity contribution in [3.8, 4) is 0 Å². The van der Waals surface area contributed by atoms with Crippen LogP contribution in [0.3, 0.4) is 0 Å². The Labute approximate surface area is 121 Å². The van der Waals surface area contributed by atoms with Crippen LogP contribution in [0.5, 0.6) is 0 Å². The number of benzene rings is 1. The van der Waals surface area contributed by atoms with Gasteiger partial charge in [-0.25, -0.2) is 0 Å². The molecule has 0 aliphatic heterocycles. The molecular weight excluding hydrogens is 272 g/mol. The maximum atomic E-state index is 12.0. The van der Waals surface area contributed by atoms with Crippen LogP contribution in [-0.4, -0.2) is 26.2 Å². The van der Waals surface area contributed by atoms with Gasteiger partial charge in [0.15, 0.2) is 0 Å². The number of hydrogen-bond donors (Lipinski definition) is 0. The topological polar surface area (TPSA) is 65.7 Å². The normalized spacial score (nSPS) is 20.9. The highest BCUT2D eigenvalue weighted by Gasteiger charge is 2.41. The number of esters is 2. The van der Waals surface area contributed by atoms with Crippen molar-refractivity contribution >= 4 is 22.9 Å². The Balaban J connectivity index is 2.07. The third-order valence-corrected chi connectivity index (χ3v) is 4.10. The molecule has 1 aliphatic carbocycles.